The molecule has 2 N–H and O–H groups in total. The highest BCUT2D eigenvalue weighted by atomic mass is 32.2. The van der Waals surface area contributed by atoms with Gasteiger partial charge in [0, 0.05) is 64.8 Å². The van der Waals surface area contributed by atoms with Crippen molar-refractivity contribution in [2.24, 2.45) is 0 Å². The molecule has 0 saturated carbocycles. The molecule has 3 heterocycles. The Morgan fingerprint density at radius 2 is 1.12 bits per heavy atom. The van der Waals surface area contributed by atoms with Crippen molar-refractivity contribution in [1.29, 1.82) is 0 Å². The number of pyridine rings is 2. The Bertz CT molecular complexity index is 1050. The first-order valence-electron chi connectivity index (χ1n) is 9.99. The van der Waals surface area contributed by atoms with Crippen LogP contribution in [0.15, 0.2) is 46.5 Å². The van der Waals surface area contributed by atoms with Crippen molar-refractivity contribution in [1.82, 2.24) is 24.7 Å². The second-order valence-electron chi connectivity index (χ2n) is 7.77. The topological polar surface area (TPSA) is 144 Å². The average Bonchev–Trinajstić information content (AvgIpc) is 2.80. The first kappa shape index (κ1) is 24.6. The molecule has 1 saturated heterocycles. The van der Waals surface area contributed by atoms with Crippen LogP contribution in [0.3, 0.4) is 0 Å². The molecule has 2 aromatic heterocycles. The summed E-state index contributed by atoms with van der Waals surface area (Å²) < 4.78 is 64.2. The van der Waals surface area contributed by atoms with E-state index in [2.05, 4.69) is 24.7 Å². The first-order valence-corrected chi connectivity index (χ1v) is 12.9. The molecule has 32 heavy (non-hydrogen) atoms. The van der Waals surface area contributed by atoms with Crippen molar-refractivity contribution in [3.05, 3.63) is 48.0 Å². The summed E-state index contributed by atoms with van der Waals surface area (Å²) in [6, 6.07) is 5.24. The number of hydrogen-bond acceptors (Lipinski definition) is 9. The van der Waals surface area contributed by atoms with Gasteiger partial charge in [0.2, 0.25) is 0 Å². The van der Waals surface area contributed by atoms with E-state index in [0.717, 1.165) is 26.2 Å². The van der Waals surface area contributed by atoms with Crippen molar-refractivity contribution in [2.75, 3.05) is 46.3 Å². The van der Waals surface area contributed by atoms with Gasteiger partial charge in [0.05, 0.1) is 21.2 Å². The van der Waals surface area contributed by atoms with E-state index < -0.39 is 20.2 Å². The number of hydrogen-bond donors (Lipinski definition) is 2. The lowest BCUT2D eigenvalue weighted by molar-refractivity contribution is 0.206. The molecule has 0 atom stereocenters. The predicted octanol–water partition coefficient (Wildman–Crippen LogP) is 0.220. The van der Waals surface area contributed by atoms with Crippen molar-refractivity contribution in [3.63, 3.8) is 0 Å². The lowest BCUT2D eigenvalue weighted by atomic mass is 10.3. The second kappa shape index (κ2) is 10.3. The molecule has 0 radical (unpaired) electrons. The smallest absolute Gasteiger partial charge is 0.294 e. The molecule has 1 fully saturated rings. The molecule has 2 aromatic rings. The number of rotatable bonds is 6. The van der Waals surface area contributed by atoms with Gasteiger partial charge in [0.25, 0.3) is 20.2 Å². The fourth-order valence-corrected chi connectivity index (χ4v) is 4.46. The Balaban J connectivity index is 1.71. The minimum absolute atomic E-state index is 0.185. The summed E-state index contributed by atoms with van der Waals surface area (Å²) in [6.45, 7) is 5.29. The van der Waals surface area contributed by atoms with Gasteiger partial charge < -0.3 is 4.90 Å². The van der Waals surface area contributed by atoms with Gasteiger partial charge in [-0.2, -0.15) is 16.8 Å². The molecule has 0 aromatic carbocycles. The Morgan fingerprint density at radius 3 is 1.50 bits per heavy atom. The minimum atomic E-state index is -4.29. The molecule has 11 nitrogen and oxygen atoms in total. The molecular weight excluding hydrogens is 458 g/mol. The van der Waals surface area contributed by atoms with E-state index in [4.69, 9.17) is 0 Å². The monoisotopic (exact) mass is 485 g/mol. The summed E-state index contributed by atoms with van der Waals surface area (Å²) in [5, 5.41) is 0. The van der Waals surface area contributed by atoms with Gasteiger partial charge in [0.1, 0.15) is 0 Å². The maximum absolute atomic E-state index is 11.4. The first-order chi connectivity index (χ1) is 15.0. The molecule has 1 aliphatic heterocycles. The fourth-order valence-electron chi connectivity index (χ4n) is 3.42. The Labute approximate surface area is 188 Å². The van der Waals surface area contributed by atoms with Crippen LogP contribution in [0, 0.1) is 0 Å². The van der Waals surface area contributed by atoms with E-state index in [0.29, 0.717) is 37.6 Å². The molecule has 0 bridgehead atoms. The van der Waals surface area contributed by atoms with Crippen molar-refractivity contribution in [2.45, 2.75) is 22.9 Å². The van der Waals surface area contributed by atoms with Crippen molar-refractivity contribution < 1.29 is 25.9 Å². The SMILES string of the molecule is CN1CCN(Cc2cc(S(=O)(=O)O)ccn2)CCN(Cc2cc(S(=O)(=O)O)ccn2)CC1. The molecule has 1 aliphatic rings. The maximum atomic E-state index is 11.4. The lowest BCUT2D eigenvalue weighted by Gasteiger charge is -2.25. The number of aromatic nitrogens is 2. The zero-order valence-electron chi connectivity index (χ0n) is 17.7. The van der Waals surface area contributed by atoms with Gasteiger partial charge >= 0.3 is 0 Å². The van der Waals surface area contributed by atoms with Crippen LogP contribution in [0.5, 0.6) is 0 Å². The predicted molar refractivity (Wildman–Crippen MR) is 116 cm³/mol. The van der Waals surface area contributed by atoms with E-state index in [1.54, 1.807) is 0 Å². The summed E-state index contributed by atoms with van der Waals surface area (Å²) in [5.74, 6) is 0. The van der Waals surface area contributed by atoms with Crippen molar-refractivity contribution >= 4 is 20.2 Å². The Morgan fingerprint density at radius 1 is 0.750 bits per heavy atom. The highest BCUT2D eigenvalue weighted by Crippen LogP contribution is 2.13. The van der Waals surface area contributed by atoms with E-state index in [1.807, 2.05) is 7.05 Å². The molecule has 13 heteroatoms. The van der Waals surface area contributed by atoms with Crippen LogP contribution in [0.2, 0.25) is 0 Å². The van der Waals surface area contributed by atoms with Crippen LogP contribution in [0.25, 0.3) is 0 Å². The molecule has 0 aliphatic carbocycles. The van der Waals surface area contributed by atoms with Crippen molar-refractivity contribution in [3.8, 4) is 0 Å². The highest BCUT2D eigenvalue weighted by Gasteiger charge is 2.18. The van der Waals surface area contributed by atoms with Crippen LogP contribution >= 0.6 is 0 Å². The minimum Gasteiger partial charge on any atom is -0.304 e. The summed E-state index contributed by atoms with van der Waals surface area (Å²) in [4.78, 5) is 14.6. The quantitative estimate of drug-likeness (QED) is 0.542. The maximum Gasteiger partial charge on any atom is 0.294 e. The molecule has 0 unspecified atom stereocenters. The van der Waals surface area contributed by atoms with E-state index >= 15 is 0 Å². The van der Waals surface area contributed by atoms with Crippen LogP contribution in [0.1, 0.15) is 11.4 Å². The van der Waals surface area contributed by atoms with Gasteiger partial charge in [-0.25, -0.2) is 0 Å². The van der Waals surface area contributed by atoms with Crippen LogP contribution in [-0.4, -0.2) is 96.9 Å². The van der Waals surface area contributed by atoms with Crippen LogP contribution in [0.4, 0.5) is 0 Å². The third kappa shape index (κ3) is 7.27. The van der Waals surface area contributed by atoms with Gasteiger partial charge in [-0.05, 0) is 31.3 Å². The number of nitrogens with zero attached hydrogens (tertiary/aromatic N) is 5. The Kier molecular flexibility index (Phi) is 7.92. The standard InChI is InChI=1S/C19H27N5O6S2/c1-22-6-8-23(14-16-12-18(2-4-20-16)31(25,26)27)10-11-24(9-7-22)15-17-13-19(3-5-21-17)32(28,29)30/h2-5,12-13H,6-11,14-15H2,1H3,(H,25,26,27)(H,28,29,30). The molecular formula is C19H27N5O6S2. The summed E-state index contributed by atoms with van der Waals surface area (Å²) in [5.41, 5.74) is 1.08. The third-order valence-electron chi connectivity index (χ3n) is 5.27. The Hall–Kier alpha value is -2.00. The summed E-state index contributed by atoms with van der Waals surface area (Å²) in [6.07, 6.45) is 2.72. The molecule has 0 spiro atoms. The lowest BCUT2D eigenvalue weighted by Crippen LogP contribution is -2.35. The zero-order valence-corrected chi connectivity index (χ0v) is 19.3. The number of likely N-dealkylation sites (N-methyl/N-ethyl adjacent to an activating group) is 1. The van der Waals surface area contributed by atoms with Crippen LogP contribution < -0.4 is 0 Å². The normalized spacial score (nSPS) is 18.1. The average molecular weight is 486 g/mol. The van der Waals surface area contributed by atoms with Crippen LogP contribution in [-0.2, 0) is 33.3 Å². The van der Waals surface area contributed by atoms with E-state index in [-0.39, 0.29) is 9.79 Å². The van der Waals surface area contributed by atoms with Gasteiger partial charge in [-0.1, -0.05) is 0 Å². The van der Waals surface area contributed by atoms with Gasteiger partial charge in [-0.3, -0.25) is 28.9 Å². The molecule has 0 amide bonds. The fraction of sp³-hybridized carbons (Fsp3) is 0.474. The highest BCUT2D eigenvalue weighted by molar-refractivity contribution is 7.86. The van der Waals surface area contributed by atoms with Gasteiger partial charge in [-0.15, -0.1) is 0 Å². The summed E-state index contributed by atoms with van der Waals surface area (Å²) in [7, 11) is -6.58. The summed E-state index contributed by atoms with van der Waals surface area (Å²) >= 11 is 0. The van der Waals surface area contributed by atoms with E-state index in [1.165, 1.54) is 36.7 Å². The van der Waals surface area contributed by atoms with Gasteiger partial charge in [0.15, 0.2) is 0 Å². The third-order valence-corrected chi connectivity index (χ3v) is 6.97. The zero-order chi connectivity index (χ0) is 23.4. The second-order valence-corrected chi connectivity index (χ2v) is 10.6. The van der Waals surface area contributed by atoms with E-state index in [9.17, 15) is 25.9 Å². The largest absolute Gasteiger partial charge is 0.304 e. The molecule has 3 rings (SSSR count). The molecule has 176 valence electrons.